The summed E-state index contributed by atoms with van der Waals surface area (Å²) in [6, 6.07) is 8.02. The fourth-order valence-electron chi connectivity index (χ4n) is 5.32. The van der Waals surface area contributed by atoms with Gasteiger partial charge in [0.15, 0.2) is 0 Å². The second-order valence-corrected chi connectivity index (χ2v) is 10.9. The van der Waals surface area contributed by atoms with E-state index in [1.165, 1.54) is 12.8 Å². The van der Waals surface area contributed by atoms with E-state index in [9.17, 15) is 10.4 Å². The van der Waals surface area contributed by atoms with Crippen LogP contribution in [0.5, 0.6) is 0 Å². The number of ether oxygens (including phenoxy) is 1. The molecular formula is C28H34N8O2. The van der Waals surface area contributed by atoms with Crippen LogP contribution < -0.4 is 10.6 Å². The van der Waals surface area contributed by atoms with E-state index in [-0.39, 0.29) is 6.61 Å². The van der Waals surface area contributed by atoms with Gasteiger partial charge in [-0.3, -0.25) is 9.58 Å². The maximum atomic E-state index is 10.0. The SMILES string of the molecule is CC1(CO)CNc2c(C#N)cc(-c3ccnc(Nc4cnn(CCC5CC5)c4CN4CCOCC4)n3)cc21. The van der Waals surface area contributed by atoms with Crippen LogP contribution in [0.15, 0.2) is 30.6 Å². The average molecular weight is 515 g/mol. The molecule has 10 nitrogen and oxygen atoms in total. The van der Waals surface area contributed by atoms with Gasteiger partial charge in [0.2, 0.25) is 5.95 Å². The van der Waals surface area contributed by atoms with E-state index >= 15 is 0 Å². The Morgan fingerprint density at radius 2 is 2.13 bits per heavy atom. The molecule has 1 aliphatic carbocycles. The van der Waals surface area contributed by atoms with Crippen molar-refractivity contribution in [1.29, 1.82) is 5.26 Å². The molecule has 0 bridgehead atoms. The number of benzene rings is 1. The maximum Gasteiger partial charge on any atom is 0.227 e. The van der Waals surface area contributed by atoms with Crippen LogP contribution in [-0.4, -0.2) is 69.2 Å². The van der Waals surface area contributed by atoms with Gasteiger partial charge in [-0.2, -0.15) is 10.4 Å². The van der Waals surface area contributed by atoms with E-state index in [2.05, 4.69) is 31.3 Å². The summed E-state index contributed by atoms with van der Waals surface area (Å²) in [6.45, 7) is 7.59. The molecule has 3 aromatic rings. The third-order valence-electron chi connectivity index (χ3n) is 7.98. The summed E-state index contributed by atoms with van der Waals surface area (Å²) in [6.07, 6.45) is 7.42. The number of aliphatic hydroxyl groups excluding tert-OH is 1. The maximum absolute atomic E-state index is 10.0. The number of anilines is 3. The normalized spacial score (nSPS) is 21.1. The Morgan fingerprint density at radius 1 is 1.29 bits per heavy atom. The first-order valence-electron chi connectivity index (χ1n) is 13.4. The molecule has 1 atom stereocenters. The number of nitrogens with one attached hydrogen (secondary N) is 2. The minimum absolute atomic E-state index is 0.00540. The van der Waals surface area contributed by atoms with Crippen molar-refractivity contribution >= 4 is 17.3 Å². The molecule has 2 aromatic heterocycles. The summed E-state index contributed by atoms with van der Waals surface area (Å²) in [5.74, 6) is 1.31. The Hall–Kier alpha value is -3.52. The first-order valence-corrected chi connectivity index (χ1v) is 13.4. The fraction of sp³-hybridized carbons (Fsp3) is 0.500. The zero-order valence-corrected chi connectivity index (χ0v) is 21.8. The largest absolute Gasteiger partial charge is 0.395 e. The van der Waals surface area contributed by atoms with Crippen LogP contribution in [-0.2, 0) is 23.2 Å². The summed E-state index contributed by atoms with van der Waals surface area (Å²) < 4.78 is 7.67. The minimum atomic E-state index is -0.450. The van der Waals surface area contributed by atoms with Gasteiger partial charge in [0.05, 0.1) is 54.3 Å². The smallest absolute Gasteiger partial charge is 0.227 e. The van der Waals surface area contributed by atoms with E-state index in [0.717, 1.165) is 79.9 Å². The van der Waals surface area contributed by atoms with Crippen molar-refractivity contribution < 1.29 is 9.84 Å². The Bertz CT molecular complexity index is 1360. The number of aromatic nitrogens is 4. The second kappa shape index (κ2) is 10.3. The molecule has 10 heteroatoms. The summed E-state index contributed by atoms with van der Waals surface area (Å²) in [4.78, 5) is 11.7. The van der Waals surface area contributed by atoms with Crippen molar-refractivity contribution in [1.82, 2.24) is 24.6 Å². The molecule has 6 rings (SSSR count). The first-order chi connectivity index (χ1) is 18.6. The lowest BCUT2D eigenvalue weighted by Crippen LogP contribution is -2.36. The van der Waals surface area contributed by atoms with Crippen LogP contribution in [0.4, 0.5) is 17.3 Å². The van der Waals surface area contributed by atoms with Crippen LogP contribution in [0, 0.1) is 17.2 Å². The molecule has 3 aliphatic rings. The zero-order chi connectivity index (χ0) is 26.1. The van der Waals surface area contributed by atoms with Gasteiger partial charge in [0.25, 0.3) is 0 Å². The van der Waals surface area contributed by atoms with Crippen molar-refractivity contribution in [3.05, 3.63) is 47.4 Å². The van der Waals surface area contributed by atoms with Gasteiger partial charge in [-0.05, 0) is 36.1 Å². The first kappa shape index (κ1) is 24.8. The molecule has 1 saturated carbocycles. The second-order valence-electron chi connectivity index (χ2n) is 10.9. The predicted molar refractivity (Wildman–Crippen MR) is 144 cm³/mol. The summed E-state index contributed by atoms with van der Waals surface area (Å²) in [5.41, 5.74) is 5.41. The number of nitrogens with zero attached hydrogens (tertiary/aromatic N) is 6. The van der Waals surface area contributed by atoms with E-state index in [1.807, 2.05) is 31.3 Å². The molecule has 1 saturated heterocycles. The molecule has 3 N–H and O–H groups in total. The van der Waals surface area contributed by atoms with E-state index in [1.54, 1.807) is 6.20 Å². The summed E-state index contributed by atoms with van der Waals surface area (Å²) in [5, 5.41) is 31.3. The highest BCUT2D eigenvalue weighted by Crippen LogP contribution is 2.41. The number of hydrogen-bond acceptors (Lipinski definition) is 9. The number of hydrogen-bond donors (Lipinski definition) is 3. The highest BCUT2D eigenvalue weighted by Gasteiger charge is 2.36. The van der Waals surface area contributed by atoms with Gasteiger partial charge >= 0.3 is 0 Å². The van der Waals surface area contributed by atoms with E-state index < -0.39 is 5.41 Å². The van der Waals surface area contributed by atoms with Crippen molar-refractivity contribution in [3.63, 3.8) is 0 Å². The van der Waals surface area contributed by atoms with Crippen molar-refractivity contribution in [2.45, 2.75) is 44.7 Å². The molecule has 38 heavy (non-hydrogen) atoms. The fourth-order valence-corrected chi connectivity index (χ4v) is 5.32. The molecule has 1 unspecified atom stereocenters. The van der Waals surface area contributed by atoms with Crippen LogP contribution >= 0.6 is 0 Å². The topological polar surface area (TPSA) is 124 Å². The van der Waals surface area contributed by atoms with Crippen LogP contribution in [0.1, 0.15) is 43.0 Å². The predicted octanol–water partition coefficient (Wildman–Crippen LogP) is 3.26. The van der Waals surface area contributed by atoms with Gasteiger partial charge in [-0.15, -0.1) is 0 Å². The number of fused-ring (bicyclic) bond motifs is 1. The number of morpholine rings is 1. The minimum Gasteiger partial charge on any atom is -0.395 e. The standard InChI is InChI=1S/C28H34N8O2/c1-28(18-37)17-31-26-21(14-29)12-20(13-22(26)28)23-4-6-30-27(33-23)34-24-15-32-36(7-5-19-2-3-19)25(24)16-35-8-10-38-11-9-35/h4,6,12-13,15,19,31,37H,2-3,5,7-11,16-18H2,1H3,(H,30,33,34). The molecule has 0 spiro atoms. The lowest BCUT2D eigenvalue weighted by molar-refractivity contribution is 0.0331. The number of nitriles is 1. The van der Waals surface area contributed by atoms with Gasteiger partial charge in [-0.25, -0.2) is 9.97 Å². The lowest BCUT2D eigenvalue weighted by atomic mass is 9.83. The Labute approximate surface area is 222 Å². The number of aliphatic hydroxyl groups is 1. The highest BCUT2D eigenvalue weighted by molar-refractivity contribution is 5.76. The van der Waals surface area contributed by atoms with Gasteiger partial charge < -0.3 is 20.5 Å². The van der Waals surface area contributed by atoms with Gasteiger partial charge in [0.1, 0.15) is 6.07 Å². The summed E-state index contributed by atoms with van der Waals surface area (Å²) in [7, 11) is 0. The average Bonchev–Trinajstić information content (AvgIpc) is 3.63. The third-order valence-corrected chi connectivity index (χ3v) is 7.98. The van der Waals surface area contributed by atoms with Crippen LogP contribution in [0.3, 0.4) is 0 Å². The molecular weight excluding hydrogens is 480 g/mol. The van der Waals surface area contributed by atoms with Crippen molar-refractivity contribution in [2.75, 3.05) is 50.1 Å². The number of aryl methyl sites for hydroxylation is 1. The molecule has 198 valence electrons. The van der Waals surface area contributed by atoms with E-state index in [4.69, 9.17) is 14.8 Å². The van der Waals surface area contributed by atoms with Gasteiger partial charge in [0, 0.05) is 49.9 Å². The van der Waals surface area contributed by atoms with Crippen LogP contribution in [0.2, 0.25) is 0 Å². The number of rotatable bonds is 9. The molecule has 2 aliphatic heterocycles. The highest BCUT2D eigenvalue weighted by atomic mass is 16.5. The zero-order valence-electron chi connectivity index (χ0n) is 21.8. The monoisotopic (exact) mass is 514 g/mol. The Balaban J connectivity index is 1.29. The molecule has 0 radical (unpaired) electrons. The molecule has 2 fully saturated rings. The Morgan fingerprint density at radius 3 is 2.89 bits per heavy atom. The Kier molecular flexibility index (Phi) is 6.74. The van der Waals surface area contributed by atoms with E-state index in [0.29, 0.717) is 23.8 Å². The third kappa shape index (κ3) is 4.97. The van der Waals surface area contributed by atoms with Crippen molar-refractivity contribution in [2.24, 2.45) is 5.92 Å². The summed E-state index contributed by atoms with van der Waals surface area (Å²) >= 11 is 0. The van der Waals surface area contributed by atoms with Crippen LogP contribution in [0.25, 0.3) is 11.3 Å². The molecule has 1 aromatic carbocycles. The van der Waals surface area contributed by atoms with Gasteiger partial charge in [-0.1, -0.05) is 19.8 Å². The molecule has 0 amide bonds. The molecule has 4 heterocycles. The lowest BCUT2D eigenvalue weighted by Gasteiger charge is -2.27. The van der Waals surface area contributed by atoms with Crippen molar-refractivity contribution in [3.8, 4) is 17.3 Å². The quantitative estimate of drug-likeness (QED) is 0.395.